The van der Waals surface area contributed by atoms with Crippen LogP contribution in [-0.4, -0.2) is 37.9 Å². The van der Waals surface area contributed by atoms with Crippen LogP contribution >= 0.6 is 0 Å². The van der Waals surface area contributed by atoms with Crippen molar-refractivity contribution in [1.29, 1.82) is 0 Å². The van der Waals surface area contributed by atoms with Gasteiger partial charge in [-0.15, -0.1) is 0 Å². The van der Waals surface area contributed by atoms with E-state index in [0.29, 0.717) is 6.42 Å². The number of nitrogens with zero attached hydrogens (tertiary/aromatic N) is 1. The summed E-state index contributed by atoms with van der Waals surface area (Å²) in [7, 11) is 3.94. The number of Topliss-reactive ketones (excluding diaryl/α,β-unsaturated/α-hetero) is 1. The third kappa shape index (κ3) is 5.32. The number of ether oxygens (including phenoxy) is 1. The largest absolute Gasteiger partial charge is 0.494 e. The molecule has 3 heteroatoms. The van der Waals surface area contributed by atoms with Crippen molar-refractivity contribution < 1.29 is 9.53 Å². The fraction of sp³-hybridized carbons (Fsp3) is 0.533. The number of carbonyl (C=O) groups excluding carboxylic acids is 1. The fourth-order valence-corrected chi connectivity index (χ4v) is 1.54. The Morgan fingerprint density at radius 2 is 1.89 bits per heavy atom. The molecule has 1 aromatic rings. The van der Waals surface area contributed by atoms with Crippen LogP contribution in [0.1, 0.15) is 36.5 Å². The van der Waals surface area contributed by atoms with Crippen LogP contribution in [0.3, 0.4) is 0 Å². The Labute approximate surface area is 110 Å². The molecular weight excluding hydrogens is 226 g/mol. The van der Waals surface area contributed by atoms with Crippen LogP contribution in [0.25, 0.3) is 0 Å². The van der Waals surface area contributed by atoms with Crippen LogP contribution < -0.4 is 4.74 Å². The summed E-state index contributed by atoms with van der Waals surface area (Å²) in [5.74, 6) is 1.02. The average molecular weight is 249 g/mol. The first-order valence-corrected chi connectivity index (χ1v) is 6.54. The lowest BCUT2D eigenvalue weighted by Gasteiger charge is -2.09. The summed E-state index contributed by atoms with van der Waals surface area (Å²) in [6, 6.07) is 7.44. The highest BCUT2D eigenvalue weighted by Gasteiger charge is 2.06. The van der Waals surface area contributed by atoms with E-state index in [1.807, 2.05) is 43.3 Å². The molecule has 0 aromatic heterocycles. The molecule has 0 fully saturated rings. The van der Waals surface area contributed by atoms with E-state index in [-0.39, 0.29) is 5.78 Å². The van der Waals surface area contributed by atoms with Crippen LogP contribution in [0.4, 0.5) is 0 Å². The zero-order valence-electron chi connectivity index (χ0n) is 11.6. The molecule has 0 bridgehead atoms. The smallest absolute Gasteiger partial charge is 0.164 e. The molecule has 0 aliphatic carbocycles. The quantitative estimate of drug-likeness (QED) is 0.524. The minimum absolute atomic E-state index is 0.184. The first kappa shape index (κ1) is 14.7. The Kier molecular flexibility index (Phi) is 6.44. The van der Waals surface area contributed by atoms with Gasteiger partial charge in [0.25, 0.3) is 0 Å². The van der Waals surface area contributed by atoms with Gasteiger partial charge >= 0.3 is 0 Å². The van der Waals surface area contributed by atoms with E-state index in [1.165, 1.54) is 0 Å². The molecule has 100 valence electrons. The second kappa shape index (κ2) is 7.88. The Balaban J connectivity index is 2.46. The van der Waals surface area contributed by atoms with Crippen molar-refractivity contribution in [2.45, 2.75) is 26.2 Å². The molecule has 0 aliphatic heterocycles. The topological polar surface area (TPSA) is 29.5 Å². The van der Waals surface area contributed by atoms with E-state index in [1.54, 1.807) is 0 Å². The lowest BCUT2D eigenvalue weighted by atomic mass is 10.1. The minimum atomic E-state index is 0.184. The Morgan fingerprint density at radius 3 is 2.44 bits per heavy atom. The van der Waals surface area contributed by atoms with E-state index in [0.717, 1.165) is 37.3 Å². The van der Waals surface area contributed by atoms with E-state index in [2.05, 4.69) is 6.92 Å². The number of carbonyl (C=O) groups is 1. The van der Waals surface area contributed by atoms with Gasteiger partial charge in [0.15, 0.2) is 5.78 Å². The van der Waals surface area contributed by atoms with E-state index >= 15 is 0 Å². The molecule has 0 amide bonds. The third-order valence-corrected chi connectivity index (χ3v) is 2.73. The van der Waals surface area contributed by atoms with Crippen LogP contribution in [0.2, 0.25) is 0 Å². The van der Waals surface area contributed by atoms with Crippen LogP contribution in [-0.2, 0) is 0 Å². The summed E-state index contributed by atoms with van der Waals surface area (Å²) in [5, 5.41) is 0. The Bertz CT molecular complexity index is 357. The number of benzene rings is 1. The highest BCUT2D eigenvalue weighted by Crippen LogP contribution is 2.14. The van der Waals surface area contributed by atoms with Gasteiger partial charge < -0.3 is 9.64 Å². The highest BCUT2D eigenvalue weighted by molar-refractivity contribution is 5.96. The summed E-state index contributed by atoms with van der Waals surface area (Å²) >= 11 is 0. The van der Waals surface area contributed by atoms with E-state index < -0.39 is 0 Å². The number of hydrogen-bond acceptors (Lipinski definition) is 3. The predicted octanol–water partition coefficient (Wildman–Crippen LogP) is 3.00. The lowest BCUT2D eigenvalue weighted by molar-refractivity contribution is 0.0972. The maximum absolute atomic E-state index is 11.9. The van der Waals surface area contributed by atoms with Gasteiger partial charge in [-0.05, 0) is 44.8 Å². The van der Waals surface area contributed by atoms with Crippen molar-refractivity contribution in [2.24, 2.45) is 0 Å². The second-order valence-electron chi connectivity index (χ2n) is 4.70. The summed E-state index contributed by atoms with van der Waals surface area (Å²) in [5.41, 5.74) is 0.764. The Hall–Kier alpha value is -1.35. The number of ketones is 1. The zero-order chi connectivity index (χ0) is 13.4. The first-order valence-electron chi connectivity index (χ1n) is 6.54. The number of hydrogen-bond donors (Lipinski definition) is 0. The molecule has 0 atom stereocenters. The second-order valence-corrected chi connectivity index (χ2v) is 4.70. The molecule has 1 rings (SSSR count). The zero-order valence-corrected chi connectivity index (χ0v) is 11.6. The summed E-state index contributed by atoms with van der Waals surface area (Å²) < 4.78 is 5.56. The molecule has 0 saturated carbocycles. The van der Waals surface area contributed by atoms with Gasteiger partial charge in [0.1, 0.15) is 5.75 Å². The van der Waals surface area contributed by atoms with Gasteiger partial charge in [-0.25, -0.2) is 0 Å². The maximum atomic E-state index is 11.9. The molecule has 0 radical (unpaired) electrons. The molecule has 0 unspecified atom stereocenters. The minimum Gasteiger partial charge on any atom is -0.494 e. The first-order chi connectivity index (χ1) is 8.63. The fourth-order valence-electron chi connectivity index (χ4n) is 1.54. The van der Waals surface area contributed by atoms with Crippen LogP contribution in [0, 0.1) is 0 Å². The molecule has 0 N–H and O–H groups in total. The summed E-state index contributed by atoms with van der Waals surface area (Å²) in [6.45, 7) is 3.66. The number of rotatable bonds is 8. The molecule has 0 aliphatic rings. The maximum Gasteiger partial charge on any atom is 0.164 e. The molecule has 0 saturated heterocycles. The van der Waals surface area contributed by atoms with E-state index in [4.69, 9.17) is 4.74 Å². The average Bonchev–Trinajstić information content (AvgIpc) is 2.37. The molecule has 0 heterocycles. The standard InChI is InChI=1S/C15H23NO2/c1-4-5-12-18-14-8-6-13(7-9-14)15(17)10-11-16(2)3/h6-9H,4-5,10-12H2,1-3H3. The van der Waals surface area contributed by atoms with Crippen LogP contribution in [0.5, 0.6) is 5.75 Å². The molecule has 18 heavy (non-hydrogen) atoms. The summed E-state index contributed by atoms with van der Waals surface area (Å²) in [4.78, 5) is 13.9. The molecule has 1 aromatic carbocycles. The van der Waals surface area contributed by atoms with Gasteiger partial charge in [0, 0.05) is 18.5 Å². The highest BCUT2D eigenvalue weighted by atomic mass is 16.5. The number of unbranched alkanes of at least 4 members (excludes halogenated alkanes) is 1. The van der Waals surface area contributed by atoms with Crippen molar-refractivity contribution in [3.63, 3.8) is 0 Å². The van der Waals surface area contributed by atoms with Crippen LogP contribution in [0.15, 0.2) is 24.3 Å². The normalized spacial score (nSPS) is 10.7. The lowest BCUT2D eigenvalue weighted by Crippen LogP contribution is -2.16. The molecule has 0 spiro atoms. The summed E-state index contributed by atoms with van der Waals surface area (Å²) in [6.07, 6.45) is 2.74. The van der Waals surface area contributed by atoms with Gasteiger partial charge in [-0.2, -0.15) is 0 Å². The van der Waals surface area contributed by atoms with Gasteiger partial charge in [-0.3, -0.25) is 4.79 Å². The van der Waals surface area contributed by atoms with E-state index in [9.17, 15) is 4.79 Å². The monoisotopic (exact) mass is 249 g/mol. The van der Waals surface area contributed by atoms with Gasteiger partial charge in [0.05, 0.1) is 6.61 Å². The van der Waals surface area contributed by atoms with Crippen molar-refractivity contribution in [3.8, 4) is 5.75 Å². The Morgan fingerprint density at radius 1 is 1.22 bits per heavy atom. The predicted molar refractivity (Wildman–Crippen MR) is 74.3 cm³/mol. The van der Waals surface area contributed by atoms with Crippen molar-refractivity contribution >= 4 is 5.78 Å². The van der Waals surface area contributed by atoms with Gasteiger partial charge in [0.2, 0.25) is 0 Å². The molecular formula is C15H23NO2. The molecule has 3 nitrogen and oxygen atoms in total. The van der Waals surface area contributed by atoms with Crippen molar-refractivity contribution in [1.82, 2.24) is 4.90 Å². The van der Waals surface area contributed by atoms with Crippen molar-refractivity contribution in [2.75, 3.05) is 27.2 Å². The SMILES string of the molecule is CCCCOc1ccc(C(=O)CCN(C)C)cc1. The third-order valence-electron chi connectivity index (χ3n) is 2.73. The van der Waals surface area contributed by atoms with Gasteiger partial charge in [-0.1, -0.05) is 13.3 Å². The van der Waals surface area contributed by atoms with Crippen molar-refractivity contribution in [3.05, 3.63) is 29.8 Å².